The number of aliphatic hydroxyl groups is 1. The van der Waals surface area contributed by atoms with Crippen LogP contribution in [0.4, 0.5) is 5.82 Å². The number of ether oxygens (including phenoxy) is 1. The summed E-state index contributed by atoms with van der Waals surface area (Å²) < 4.78 is 17.0. The van der Waals surface area contributed by atoms with Crippen LogP contribution in [-0.2, 0) is 24.3 Å². The van der Waals surface area contributed by atoms with E-state index in [1.165, 1.54) is 12.5 Å². The summed E-state index contributed by atoms with van der Waals surface area (Å²) in [5.41, 5.74) is 1.28. The maximum atomic E-state index is 11.8. The van der Waals surface area contributed by atoms with Gasteiger partial charge in [0.25, 0.3) is 0 Å². The predicted molar refractivity (Wildman–Crippen MR) is 114 cm³/mol. The number of nitrogens with one attached hydrogen (secondary N) is 2. The molecule has 2 atom stereocenters. The Bertz CT molecular complexity index is 980. The van der Waals surface area contributed by atoms with E-state index in [0.29, 0.717) is 34.5 Å². The van der Waals surface area contributed by atoms with Crippen LogP contribution in [0.15, 0.2) is 48.0 Å². The van der Waals surface area contributed by atoms with Gasteiger partial charge in [-0.15, -0.1) is 0 Å². The van der Waals surface area contributed by atoms with Crippen molar-refractivity contribution in [3.63, 3.8) is 0 Å². The Balaban J connectivity index is 1.77. The largest absolute Gasteiger partial charge is 0.609 e. The highest BCUT2D eigenvalue weighted by Crippen LogP contribution is 2.26. The Hall–Kier alpha value is -2.50. The summed E-state index contributed by atoms with van der Waals surface area (Å²) in [5, 5.41) is 17.3. The van der Waals surface area contributed by atoms with Gasteiger partial charge in [0.15, 0.2) is 0 Å². The summed E-state index contributed by atoms with van der Waals surface area (Å²) in [6.45, 7) is 0.620. The molecule has 0 spiro atoms. The van der Waals surface area contributed by atoms with Crippen LogP contribution < -0.4 is 15.4 Å². The van der Waals surface area contributed by atoms with Gasteiger partial charge in [-0.25, -0.2) is 9.97 Å². The quantitative estimate of drug-likeness (QED) is 0.256. The molecule has 11 heteroatoms. The first-order valence-corrected chi connectivity index (χ1v) is 10.9. The zero-order valence-electron chi connectivity index (χ0n) is 16.4. The van der Waals surface area contributed by atoms with Crippen LogP contribution in [0.25, 0.3) is 0 Å². The minimum atomic E-state index is -1.37. The molecule has 2 heterocycles. The summed E-state index contributed by atoms with van der Waals surface area (Å²) in [6, 6.07) is 7.11. The lowest BCUT2D eigenvalue weighted by molar-refractivity contribution is 0.136. The molecule has 158 valence electrons. The van der Waals surface area contributed by atoms with E-state index in [1.807, 2.05) is 6.07 Å². The average molecular weight is 449 g/mol. The molecule has 0 radical (unpaired) electrons. The number of benzene rings is 1. The van der Waals surface area contributed by atoms with Crippen molar-refractivity contribution >= 4 is 28.6 Å². The minimum Gasteiger partial charge on any atom is -0.609 e. The molecule has 3 rings (SSSR count). The Labute approximate surface area is 182 Å². The standard InChI is InChI=1S/C19H21ClN6O3S/c1-29-15-5-4-12(8-14(15)20)9-23-17-13(10-25-19(26-17)30(2)28)18(27)24-11-16-21-6-3-7-22-16/h3-8,10,18,24,27H,9,11H2,1-2H3,(H,23,25,26). The Kier molecular flexibility index (Phi) is 7.77. The first-order chi connectivity index (χ1) is 14.5. The van der Waals surface area contributed by atoms with Gasteiger partial charge < -0.3 is 19.7 Å². The number of methoxy groups -OCH3 is 1. The minimum absolute atomic E-state index is 0.160. The molecule has 0 saturated heterocycles. The third kappa shape index (κ3) is 5.77. The molecule has 9 nitrogen and oxygen atoms in total. The number of anilines is 1. The van der Waals surface area contributed by atoms with Gasteiger partial charge in [0.05, 0.1) is 24.2 Å². The van der Waals surface area contributed by atoms with E-state index in [4.69, 9.17) is 16.3 Å². The van der Waals surface area contributed by atoms with E-state index in [9.17, 15) is 9.66 Å². The second kappa shape index (κ2) is 10.5. The maximum absolute atomic E-state index is 11.8. The third-order valence-electron chi connectivity index (χ3n) is 4.10. The molecule has 0 bridgehead atoms. The molecule has 2 unspecified atom stereocenters. The lowest BCUT2D eigenvalue weighted by atomic mass is 10.2. The van der Waals surface area contributed by atoms with Gasteiger partial charge in [-0.3, -0.25) is 5.32 Å². The van der Waals surface area contributed by atoms with Crippen molar-refractivity contribution in [3.05, 3.63) is 64.8 Å². The number of hydrogen-bond acceptors (Lipinski definition) is 9. The highest BCUT2D eigenvalue weighted by Gasteiger charge is 2.19. The molecule has 0 aliphatic heterocycles. The fourth-order valence-corrected chi connectivity index (χ4v) is 3.28. The summed E-state index contributed by atoms with van der Waals surface area (Å²) in [4.78, 5) is 16.6. The summed E-state index contributed by atoms with van der Waals surface area (Å²) in [5.74, 6) is 1.47. The van der Waals surface area contributed by atoms with Crippen LogP contribution in [0, 0.1) is 0 Å². The molecule has 30 heavy (non-hydrogen) atoms. The highest BCUT2D eigenvalue weighted by atomic mass is 35.5. The summed E-state index contributed by atoms with van der Waals surface area (Å²) in [7, 11) is 1.55. The monoisotopic (exact) mass is 448 g/mol. The molecule has 0 fully saturated rings. The molecule has 0 aliphatic carbocycles. The van der Waals surface area contributed by atoms with Crippen LogP contribution in [0.2, 0.25) is 5.02 Å². The van der Waals surface area contributed by atoms with E-state index in [2.05, 4.69) is 30.6 Å². The smallest absolute Gasteiger partial charge is 0.344 e. The first kappa shape index (κ1) is 22.2. The molecule has 0 aliphatic rings. The molecule has 0 saturated carbocycles. The normalized spacial score (nSPS) is 13.0. The van der Waals surface area contributed by atoms with E-state index in [-0.39, 0.29) is 11.7 Å². The lowest BCUT2D eigenvalue weighted by Crippen LogP contribution is -2.24. The van der Waals surface area contributed by atoms with Gasteiger partial charge in [0, 0.05) is 36.3 Å². The van der Waals surface area contributed by atoms with Gasteiger partial charge in [0.2, 0.25) is 0 Å². The van der Waals surface area contributed by atoms with Gasteiger partial charge >= 0.3 is 5.16 Å². The number of nitrogens with zero attached hydrogens (tertiary/aromatic N) is 4. The predicted octanol–water partition coefficient (Wildman–Crippen LogP) is 2.06. The fourth-order valence-electron chi connectivity index (χ4n) is 2.58. The highest BCUT2D eigenvalue weighted by molar-refractivity contribution is 7.90. The molecule has 3 aromatic rings. The van der Waals surface area contributed by atoms with Crippen molar-refractivity contribution in [3.8, 4) is 5.75 Å². The van der Waals surface area contributed by atoms with Crippen LogP contribution in [0.5, 0.6) is 5.75 Å². The van der Waals surface area contributed by atoms with E-state index < -0.39 is 17.4 Å². The third-order valence-corrected chi connectivity index (χ3v) is 5.10. The van der Waals surface area contributed by atoms with Gasteiger partial charge in [-0.05, 0) is 23.8 Å². The van der Waals surface area contributed by atoms with Crippen LogP contribution >= 0.6 is 11.6 Å². The van der Waals surface area contributed by atoms with Crippen molar-refractivity contribution in [2.45, 2.75) is 24.5 Å². The van der Waals surface area contributed by atoms with E-state index in [1.54, 1.807) is 37.7 Å². The van der Waals surface area contributed by atoms with E-state index >= 15 is 0 Å². The maximum Gasteiger partial charge on any atom is 0.344 e. The number of halogens is 1. The number of hydrogen-bond donors (Lipinski definition) is 3. The summed E-state index contributed by atoms with van der Waals surface area (Å²) >= 11 is 4.81. The van der Waals surface area contributed by atoms with Crippen molar-refractivity contribution < 1.29 is 14.4 Å². The van der Waals surface area contributed by atoms with Crippen molar-refractivity contribution in [2.24, 2.45) is 0 Å². The first-order valence-electron chi connectivity index (χ1n) is 8.92. The van der Waals surface area contributed by atoms with Gasteiger partial charge in [0.1, 0.15) is 29.9 Å². The Morgan fingerprint density at radius 3 is 2.67 bits per heavy atom. The zero-order valence-corrected chi connectivity index (χ0v) is 17.9. The molecular weight excluding hydrogens is 428 g/mol. The molecular formula is C19H21ClN6O3S. The fraction of sp³-hybridized carbons (Fsp3) is 0.263. The number of rotatable bonds is 9. The second-order valence-corrected chi connectivity index (χ2v) is 7.86. The Morgan fingerprint density at radius 2 is 2.00 bits per heavy atom. The summed E-state index contributed by atoms with van der Waals surface area (Å²) in [6.07, 6.45) is 5.09. The molecule has 3 N–H and O–H groups in total. The molecule has 1 aromatic carbocycles. The van der Waals surface area contributed by atoms with Crippen LogP contribution in [0.1, 0.15) is 23.2 Å². The van der Waals surface area contributed by atoms with Gasteiger partial charge in [-0.2, -0.15) is 9.97 Å². The molecule has 2 aromatic heterocycles. The molecule has 0 amide bonds. The van der Waals surface area contributed by atoms with Crippen molar-refractivity contribution in [2.75, 3.05) is 18.7 Å². The van der Waals surface area contributed by atoms with Crippen molar-refractivity contribution in [1.82, 2.24) is 25.3 Å². The van der Waals surface area contributed by atoms with E-state index in [0.717, 1.165) is 5.56 Å². The topological polar surface area (TPSA) is 128 Å². The zero-order chi connectivity index (χ0) is 21.5. The lowest BCUT2D eigenvalue weighted by Gasteiger charge is -2.17. The van der Waals surface area contributed by atoms with Gasteiger partial charge in [-0.1, -0.05) is 17.7 Å². The number of aliphatic hydroxyl groups excluding tert-OH is 1. The number of aromatic nitrogens is 4. The SMILES string of the molecule is COc1ccc(CNc2nc([S+](C)[O-])ncc2C(O)NCc2ncccn2)cc1Cl. The second-order valence-electron chi connectivity index (χ2n) is 6.18. The van der Waals surface area contributed by atoms with Crippen molar-refractivity contribution in [1.29, 1.82) is 0 Å². The van der Waals surface area contributed by atoms with Crippen LogP contribution in [-0.4, -0.2) is 43.0 Å². The Morgan fingerprint density at radius 1 is 1.23 bits per heavy atom. The van der Waals surface area contributed by atoms with Crippen LogP contribution in [0.3, 0.4) is 0 Å². The average Bonchev–Trinajstić information content (AvgIpc) is 2.76.